The Morgan fingerprint density at radius 3 is 2.62 bits per heavy atom. The predicted octanol–water partition coefficient (Wildman–Crippen LogP) is 3.37. The van der Waals surface area contributed by atoms with Crippen molar-refractivity contribution in [2.75, 3.05) is 0 Å². The highest BCUT2D eigenvalue weighted by atomic mass is 35.5. The van der Waals surface area contributed by atoms with Gasteiger partial charge in [0.2, 0.25) is 0 Å². The lowest BCUT2D eigenvalue weighted by Gasteiger charge is -2.12. The highest BCUT2D eigenvalue weighted by molar-refractivity contribution is 6.30. The molecule has 0 unspecified atom stereocenters. The molecule has 0 aliphatic rings. The third kappa shape index (κ3) is 4.10. The van der Waals surface area contributed by atoms with Gasteiger partial charge in [0.05, 0.1) is 0 Å². The van der Waals surface area contributed by atoms with Gasteiger partial charge in [-0.05, 0) is 24.1 Å². The largest absolute Gasteiger partial charge is 0.573 e. The van der Waals surface area contributed by atoms with E-state index in [0.717, 1.165) is 6.07 Å². The second-order valence-corrected chi connectivity index (χ2v) is 3.44. The molecular weight excluding hydrogens is 245 g/mol. The minimum atomic E-state index is -4.76. The molecule has 0 atom stereocenters. The zero-order chi connectivity index (χ0) is 12.2. The SMILES string of the molecule is O=CCCc1ccc(Cl)cc1OC(F)(F)F. The molecule has 1 aromatic carbocycles. The Labute approximate surface area is 95.0 Å². The van der Waals surface area contributed by atoms with Crippen molar-refractivity contribution in [3.8, 4) is 5.75 Å². The Morgan fingerprint density at radius 1 is 1.38 bits per heavy atom. The van der Waals surface area contributed by atoms with Crippen molar-refractivity contribution in [3.05, 3.63) is 28.8 Å². The van der Waals surface area contributed by atoms with Gasteiger partial charge in [-0.15, -0.1) is 13.2 Å². The van der Waals surface area contributed by atoms with Crippen LogP contribution in [0.3, 0.4) is 0 Å². The van der Waals surface area contributed by atoms with Crippen LogP contribution in [0, 0.1) is 0 Å². The van der Waals surface area contributed by atoms with Crippen LogP contribution in [0.2, 0.25) is 5.02 Å². The van der Waals surface area contributed by atoms with Crippen molar-refractivity contribution in [1.29, 1.82) is 0 Å². The van der Waals surface area contributed by atoms with Crippen molar-refractivity contribution in [1.82, 2.24) is 0 Å². The van der Waals surface area contributed by atoms with E-state index in [2.05, 4.69) is 4.74 Å². The molecule has 16 heavy (non-hydrogen) atoms. The van der Waals surface area contributed by atoms with Gasteiger partial charge in [0.1, 0.15) is 12.0 Å². The summed E-state index contributed by atoms with van der Waals surface area (Å²) in [6.07, 6.45) is -3.81. The van der Waals surface area contributed by atoms with Gasteiger partial charge in [0, 0.05) is 11.4 Å². The molecule has 0 amide bonds. The van der Waals surface area contributed by atoms with E-state index < -0.39 is 6.36 Å². The molecule has 0 bridgehead atoms. The maximum absolute atomic E-state index is 12.0. The number of carbonyl (C=O) groups is 1. The van der Waals surface area contributed by atoms with E-state index in [4.69, 9.17) is 11.6 Å². The van der Waals surface area contributed by atoms with Crippen LogP contribution >= 0.6 is 11.6 Å². The average molecular weight is 253 g/mol. The fraction of sp³-hybridized carbons (Fsp3) is 0.300. The molecule has 0 fully saturated rings. The first-order valence-electron chi connectivity index (χ1n) is 4.40. The topological polar surface area (TPSA) is 26.3 Å². The van der Waals surface area contributed by atoms with Crippen molar-refractivity contribution < 1.29 is 22.7 Å². The van der Waals surface area contributed by atoms with Crippen LogP contribution in [0.25, 0.3) is 0 Å². The Balaban J connectivity index is 2.93. The molecule has 0 aliphatic heterocycles. The van der Waals surface area contributed by atoms with Gasteiger partial charge in [-0.1, -0.05) is 17.7 Å². The summed E-state index contributed by atoms with van der Waals surface area (Å²) in [4.78, 5) is 10.2. The number of carbonyl (C=O) groups excluding carboxylic acids is 1. The van der Waals surface area contributed by atoms with Gasteiger partial charge >= 0.3 is 6.36 Å². The van der Waals surface area contributed by atoms with Crippen molar-refractivity contribution >= 4 is 17.9 Å². The minimum Gasteiger partial charge on any atom is -0.405 e. The van der Waals surface area contributed by atoms with Gasteiger partial charge in [-0.3, -0.25) is 0 Å². The Morgan fingerprint density at radius 2 is 2.06 bits per heavy atom. The first kappa shape index (κ1) is 12.8. The average Bonchev–Trinajstić information content (AvgIpc) is 2.14. The number of aldehydes is 1. The van der Waals surface area contributed by atoms with E-state index in [9.17, 15) is 18.0 Å². The summed E-state index contributed by atoms with van der Waals surface area (Å²) in [5.41, 5.74) is 0.300. The molecule has 0 saturated carbocycles. The number of aryl methyl sites for hydroxylation is 1. The lowest BCUT2D eigenvalue weighted by Crippen LogP contribution is -2.18. The normalized spacial score (nSPS) is 11.2. The van der Waals surface area contributed by atoms with E-state index in [1.54, 1.807) is 0 Å². The Hall–Kier alpha value is -1.23. The summed E-state index contributed by atoms with van der Waals surface area (Å²) in [7, 11) is 0. The van der Waals surface area contributed by atoms with E-state index >= 15 is 0 Å². The summed E-state index contributed by atoms with van der Waals surface area (Å²) in [6, 6.07) is 3.94. The maximum Gasteiger partial charge on any atom is 0.573 e. The van der Waals surface area contributed by atoms with E-state index in [1.165, 1.54) is 12.1 Å². The molecule has 0 spiro atoms. The Kier molecular flexibility index (Phi) is 4.18. The number of hydrogen-bond acceptors (Lipinski definition) is 2. The molecule has 1 rings (SSSR count). The number of ether oxygens (including phenoxy) is 1. The number of hydrogen-bond donors (Lipinski definition) is 0. The summed E-state index contributed by atoms with van der Waals surface area (Å²) in [5, 5.41) is 0.147. The van der Waals surface area contributed by atoms with E-state index in [-0.39, 0.29) is 23.6 Å². The quantitative estimate of drug-likeness (QED) is 0.768. The highest BCUT2D eigenvalue weighted by Crippen LogP contribution is 2.29. The number of benzene rings is 1. The van der Waals surface area contributed by atoms with Crippen LogP contribution in [0.5, 0.6) is 5.75 Å². The molecule has 0 N–H and O–H groups in total. The molecule has 1 aromatic rings. The molecule has 88 valence electrons. The summed E-state index contributed by atoms with van der Waals surface area (Å²) >= 11 is 5.56. The van der Waals surface area contributed by atoms with Crippen molar-refractivity contribution in [2.24, 2.45) is 0 Å². The third-order valence-corrected chi connectivity index (χ3v) is 2.02. The van der Waals surface area contributed by atoms with Crippen molar-refractivity contribution in [2.45, 2.75) is 19.2 Å². The second-order valence-electron chi connectivity index (χ2n) is 3.01. The number of alkyl halides is 3. The standard InChI is InChI=1S/C10H8ClF3O2/c11-8-4-3-7(2-1-5-15)9(6-8)16-10(12,13)14/h3-6H,1-2H2. The molecule has 0 radical (unpaired) electrons. The number of halogens is 4. The minimum absolute atomic E-state index is 0.135. The van der Waals surface area contributed by atoms with E-state index in [0.29, 0.717) is 11.8 Å². The fourth-order valence-electron chi connectivity index (χ4n) is 1.17. The molecule has 0 aliphatic carbocycles. The lowest BCUT2D eigenvalue weighted by atomic mass is 10.1. The van der Waals surface area contributed by atoms with Gasteiger partial charge in [-0.2, -0.15) is 0 Å². The maximum atomic E-state index is 12.0. The van der Waals surface area contributed by atoms with Crippen LogP contribution < -0.4 is 4.74 Å². The lowest BCUT2D eigenvalue weighted by molar-refractivity contribution is -0.274. The highest BCUT2D eigenvalue weighted by Gasteiger charge is 2.32. The van der Waals surface area contributed by atoms with Gasteiger partial charge < -0.3 is 9.53 Å². The molecular formula is C10H8ClF3O2. The molecule has 0 saturated heterocycles. The summed E-state index contributed by atoms with van der Waals surface area (Å²) in [5.74, 6) is -0.359. The van der Waals surface area contributed by atoms with Crippen molar-refractivity contribution in [3.63, 3.8) is 0 Å². The predicted molar refractivity (Wildman–Crippen MR) is 52.5 cm³/mol. The molecule has 0 aromatic heterocycles. The van der Waals surface area contributed by atoms with Crippen LogP contribution in [-0.2, 0) is 11.2 Å². The zero-order valence-corrected chi connectivity index (χ0v) is 8.81. The van der Waals surface area contributed by atoms with Crippen LogP contribution in [0.15, 0.2) is 18.2 Å². The first-order valence-corrected chi connectivity index (χ1v) is 4.78. The fourth-order valence-corrected chi connectivity index (χ4v) is 1.33. The summed E-state index contributed by atoms with van der Waals surface area (Å²) < 4.78 is 39.9. The number of rotatable bonds is 4. The van der Waals surface area contributed by atoms with Crippen LogP contribution in [0.4, 0.5) is 13.2 Å². The molecule has 2 nitrogen and oxygen atoms in total. The Bertz CT molecular complexity index is 377. The van der Waals surface area contributed by atoms with Crippen LogP contribution in [-0.4, -0.2) is 12.6 Å². The second kappa shape index (κ2) is 5.21. The van der Waals surface area contributed by atoms with E-state index in [1.807, 2.05) is 0 Å². The smallest absolute Gasteiger partial charge is 0.405 e. The molecule has 6 heteroatoms. The monoisotopic (exact) mass is 252 g/mol. The summed E-state index contributed by atoms with van der Waals surface area (Å²) in [6.45, 7) is 0. The van der Waals surface area contributed by atoms with Crippen LogP contribution in [0.1, 0.15) is 12.0 Å². The van der Waals surface area contributed by atoms with Gasteiger partial charge in [0.25, 0.3) is 0 Å². The third-order valence-electron chi connectivity index (χ3n) is 1.79. The van der Waals surface area contributed by atoms with Gasteiger partial charge in [0.15, 0.2) is 0 Å². The first-order chi connectivity index (χ1) is 7.42. The molecule has 0 heterocycles. The zero-order valence-electron chi connectivity index (χ0n) is 8.05. The van der Waals surface area contributed by atoms with Gasteiger partial charge in [-0.25, -0.2) is 0 Å².